The summed E-state index contributed by atoms with van der Waals surface area (Å²) in [5.74, 6) is 1.72. The zero-order valence-electron chi connectivity index (χ0n) is 7.60. The van der Waals surface area contributed by atoms with Crippen LogP contribution in [-0.2, 0) is 13.0 Å². The standard InChI is InChI=1S/C10H12N2O/c1-2-9-7-11-10(13-9)8-12-5-3-4-6-12/h3-7H,2,8H2,1H3. The van der Waals surface area contributed by atoms with E-state index in [1.165, 1.54) is 0 Å². The van der Waals surface area contributed by atoms with Gasteiger partial charge in [-0.05, 0) is 12.1 Å². The number of aromatic nitrogens is 2. The Hall–Kier alpha value is -1.51. The molecule has 3 heteroatoms. The largest absolute Gasteiger partial charge is 0.444 e. The molecule has 0 fully saturated rings. The van der Waals surface area contributed by atoms with Crippen LogP contribution in [0.3, 0.4) is 0 Å². The van der Waals surface area contributed by atoms with E-state index in [4.69, 9.17) is 4.42 Å². The van der Waals surface area contributed by atoms with E-state index in [-0.39, 0.29) is 0 Å². The monoisotopic (exact) mass is 176 g/mol. The summed E-state index contributed by atoms with van der Waals surface area (Å²) in [5, 5.41) is 0. The van der Waals surface area contributed by atoms with E-state index in [0.29, 0.717) is 6.54 Å². The SMILES string of the molecule is CCc1cnc(Cn2cccc2)o1. The highest BCUT2D eigenvalue weighted by atomic mass is 16.4. The summed E-state index contributed by atoms with van der Waals surface area (Å²) in [6.07, 6.45) is 6.68. The van der Waals surface area contributed by atoms with Crippen LogP contribution in [0.4, 0.5) is 0 Å². The van der Waals surface area contributed by atoms with Crippen LogP contribution in [0.15, 0.2) is 35.1 Å². The van der Waals surface area contributed by atoms with Gasteiger partial charge in [-0.25, -0.2) is 4.98 Å². The zero-order valence-corrected chi connectivity index (χ0v) is 7.60. The highest BCUT2D eigenvalue weighted by Crippen LogP contribution is 2.05. The molecule has 13 heavy (non-hydrogen) atoms. The predicted molar refractivity (Wildman–Crippen MR) is 49.4 cm³/mol. The van der Waals surface area contributed by atoms with Crippen LogP contribution < -0.4 is 0 Å². The van der Waals surface area contributed by atoms with E-state index < -0.39 is 0 Å². The Bertz CT molecular complexity index is 362. The van der Waals surface area contributed by atoms with Crippen molar-refractivity contribution >= 4 is 0 Å². The van der Waals surface area contributed by atoms with Crippen LogP contribution in [0.25, 0.3) is 0 Å². The molecule has 0 bridgehead atoms. The summed E-state index contributed by atoms with van der Waals surface area (Å²) in [5.41, 5.74) is 0. The lowest BCUT2D eigenvalue weighted by Crippen LogP contribution is -1.95. The van der Waals surface area contributed by atoms with Gasteiger partial charge in [0.1, 0.15) is 5.76 Å². The fourth-order valence-corrected chi connectivity index (χ4v) is 1.22. The van der Waals surface area contributed by atoms with Crippen molar-refractivity contribution in [3.63, 3.8) is 0 Å². The number of hydrogen-bond acceptors (Lipinski definition) is 2. The molecule has 0 saturated heterocycles. The maximum atomic E-state index is 5.47. The minimum Gasteiger partial charge on any atom is -0.444 e. The average molecular weight is 176 g/mol. The second kappa shape index (κ2) is 3.47. The number of nitrogens with zero attached hydrogens (tertiary/aromatic N) is 2. The van der Waals surface area contributed by atoms with Crippen LogP contribution in [0, 0.1) is 0 Å². The van der Waals surface area contributed by atoms with Crippen molar-refractivity contribution in [2.24, 2.45) is 0 Å². The molecule has 2 aromatic heterocycles. The molecule has 0 aliphatic heterocycles. The smallest absolute Gasteiger partial charge is 0.214 e. The molecule has 0 aromatic carbocycles. The van der Waals surface area contributed by atoms with Crippen LogP contribution in [0.2, 0.25) is 0 Å². The first-order valence-electron chi connectivity index (χ1n) is 4.43. The molecule has 0 amide bonds. The molecule has 2 rings (SSSR count). The fourth-order valence-electron chi connectivity index (χ4n) is 1.22. The normalized spacial score (nSPS) is 10.5. The molecule has 0 N–H and O–H groups in total. The molecular formula is C10H12N2O. The van der Waals surface area contributed by atoms with Gasteiger partial charge in [0.2, 0.25) is 5.89 Å². The van der Waals surface area contributed by atoms with E-state index >= 15 is 0 Å². The molecule has 3 nitrogen and oxygen atoms in total. The minimum absolute atomic E-state index is 0.715. The lowest BCUT2D eigenvalue weighted by atomic mass is 10.4. The van der Waals surface area contributed by atoms with Crippen molar-refractivity contribution in [3.8, 4) is 0 Å². The first kappa shape index (κ1) is 8.10. The molecule has 2 heterocycles. The lowest BCUT2D eigenvalue weighted by Gasteiger charge is -1.96. The van der Waals surface area contributed by atoms with Crippen molar-refractivity contribution in [2.75, 3.05) is 0 Å². The van der Waals surface area contributed by atoms with Gasteiger partial charge in [-0.2, -0.15) is 0 Å². The summed E-state index contributed by atoms with van der Waals surface area (Å²) in [6.45, 7) is 2.77. The lowest BCUT2D eigenvalue weighted by molar-refractivity contribution is 0.446. The van der Waals surface area contributed by atoms with Gasteiger partial charge < -0.3 is 8.98 Å². The van der Waals surface area contributed by atoms with Gasteiger partial charge in [-0.3, -0.25) is 0 Å². The molecular weight excluding hydrogens is 164 g/mol. The third-order valence-electron chi connectivity index (χ3n) is 1.93. The minimum atomic E-state index is 0.715. The molecule has 68 valence electrons. The molecule has 0 radical (unpaired) electrons. The van der Waals surface area contributed by atoms with Gasteiger partial charge in [0.15, 0.2) is 0 Å². The van der Waals surface area contributed by atoms with Crippen molar-refractivity contribution < 1.29 is 4.42 Å². The number of aryl methyl sites for hydroxylation is 1. The highest BCUT2D eigenvalue weighted by Gasteiger charge is 2.01. The summed E-state index contributed by atoms with van der Waals surface area (Å²) < 4.78 is 7.51. The van der Waals surface area contributed by atoms with Gasteiger partial charge in [0.25, 0.3) is 0 Å². The molecule has 0 atom stereocenters. The van der Waals surface area contributed by atoms with E-state index in [1.807, 2.05) is 29.1 Å². The third-order valence-corrected chi connectivity index (χ3v) is 1.93. The third kappa shape index (κ3) is 1.80. The maximum Gasteiger partial charge on any atom is 0.214 e. The number of hydrogen-bond donors (Lipinski definition) is 0. The zero-order chi connectivity index (χ0) is 9.10. The van der Waals surface area contributed by atoms with Crippen molar-refractivity contribution in [1.82, 2.24) is 9.55 Å². The van der Waals surface area contributed by atoms with Crippen LogP contribution in [0.1, 0.15) is 18.6 Å². The molecule has 2 aromatic rings. The van der Waals surface area contributed by atoms with Gasteiger partial charge in [0, 0.05) is 18.8 Å². The molecule has 0 aliphatic rings. The van der Waals surface area contributed by atoms with Gasteiger partial charge >= 0.3 is 0 Å². The molecule has 0 aliphatic carbocycles. The first-order chi connectivity index (χ1) is 6.38. The second-order valence-electron chi connectivity index (χ2n) is 2.93. The van der Waals surface area contributed by atoms with E-state index in [0.717, 1.165) is 18.1 Å². The van der Waals surface area contributed by atoms with Crippen molar-refractivity contribution in [1.29, 1.82) is 0 Å². The van der Waals surface area contributed by atoms with Gasteiger partial charge in [0.05, 0.1) is 12.7 Å². The Morgan fingerprint density at radius 2 is 2.15 bits per heavy atom. The first-order valence-corrected chi connectivity index (χ1v) is 4.43. The predicted octanol–water partition coefficient (Wildman–Crippen LogP) is 2.09. The summed E-state index contributed by atoms with van der Waals surface area (Å²) in [6, 6.07) is 3.98. The number of rotatable bonds is 3. The second-order valence-corrected chi connectivity index (χ2v) is 2.93. The molecule has 0 saturated carbocycles. The van der Waals surface area contributed by atoms with Crippen LogP contribution in [0.5, 0.6) is 0 Å². The van der Waals surface area contributed by atoms with Crippen molar-refractivity contribution in [3.05, 3.63) is 42.4 Å². The quantitative estimate of drug-likeness (QED) is 0.717. The maximum absolute atomic E-state index is 5.47. The Labute approximate surface area is 77.0 Å². The molecule has 0 spiro atoms. The topological polar surface area (TPSA) is 31.0 Å². The highest BCUT2D eigenvalue weighted by molar-refractivity contribution is 4.97. The Kier molecular flexibility index (Phi) is 2.17. The summed E-state index contributed by atoms with van der Waals surface area (Å²) in [7, 11) is 0. The van der Waals surface area contributed by atoms with Gasteiger partial charge in [-0.15, -0.1) is 0 Å². The van der Waals surface area contributed by atoms with Crippen LogP contribution in [-0.4, -0.2) is 9.55 Å². The van der Waals surface area contributed by atoms with Crippen LogP contribution >= 0.6 is 0 Å². The van der Waals surface area contributed by atoms with Crippen molar-refractivity contribution in [2.45, 2.75) is 19.9 Å². The number of oxazole rings is 1. The average Bonchev–Trinajstić information content (AvgIpc) is 2.76. The Morgan fingerprint density at radius 1 is 1.38 bits per heavy atom. The Morgan fingerprint density at radius 3 is 2.77 bits per heavy atom. The fraction of sp³-hybridized carbons (Fsp3) is 0.300. The van der Waals surface area contributed by atoms with Gasteiger partial charge in [-0.1, -0.05) is 6.92 Å². The van der Waals surface area contributed by atoms with E-state index in [9.17, 15) is 0 Å². The summed E-state index contributed by atoms with van der Waals surface area (Å²) in [4.78, 5) is 4.17. The molecule has 0 unspecified atom stereocenters. The van der Waals surface area contributed by atoms with E-state index in [1.54, 1.807) is 6.20 Å². The Balaban J connectivity index is 2.10. The summed E-state index contributed by atoms with van der Waals surface area (Å²) >= 11 is 0. The van der Waals surface area contributed by atoms with E-state index in [2.05, 4.69) is 11.9 Å².